The maximum atomic E-state index is 5.10. The second kappa shape index (κ2) is 7.37. The Morgan fingerprint density at radius 1 is 1.08 bits per heavy atom. The van der Waals surface area contributed by atoms with E-state index in [1.54, 1.807) is 12.4 Å². The van der Waals surface area contributed by atoms with Crippen molar-refractivity contribution in [2.75, 3.05) is 0 Å². The molecular formula is C5H10N6S2. The van der Waals surface area contributed by atoms with Crippen LogP contribution in [0.4, 0.5) is 0 Å². The number of hydrogen-bond donors (Lipinski definition) is 4. The number of nitrogens with one attached hydrogen (secondary N) is 2. The molecule has 0 aliphatic heterocycles. The van der Waals surface area contributed by atoms with Crippen LogP contribution in [0.25, 0.3) is 0 Å². The minimum Gasteiger partial charge on any atom is -0.375 e. The summed E-state index contributed by atoms with van der Waals surface area (Å²) in [6.07, 6.45) is 3.61. The van der Waals surface area contributed by atoms with Gasteiger partial charge < -0.3 is 11.5 Å². The zero-order chi connectivity index (χ0) is 10.1. The number of rotatable bonds is 4. The number of thiocarbonyl (C=S) groups is 2. The maximum absolute atomic E-state index is 5.10. The molecule has 72 valence electrons. The lowest BCUT2D eigenvalue weighted by Crippen LogP contribution is -2.24. The van der Waals surface area contributed by atoms with E-state index in [4.69, 9.17) is 11.5 Å². The van der Waals surface area contributed by atoms with Crippen molar-refractivity contribution in [2.45, 2.75) is 6.42 Å². The molecule has 0 saturated heterocycles. The minimum atomic E-state index is 0.120. The first-order valence-electron chi connectivity index (χ1n) is 3.27. The first kappa shape index (κ1) is 11.7. The lowest BCUT2D eigenvalue weighted by atomic mass is 10.5. The Bertz CT molecular complexity index is 211. The molecule has 0 aliphatic rings. The van der Waals surface area contributed by atoms with Gasteiger partial charge in [0.25, 0.3) is 0 Å². The Kier molecular flexibility index (Phi) is 6.65. The summed E-state index contributed by atoms with van der Waals surface area (Å²) in [6.45, 7) is 0. The molecule has 8 heteroatoms. The van der Waals surface area contributed by atoms with Gasteiger partial charge in [0.1, 0.15) is 0 Å². The maximum Gasteiger partial charge on any atom is 0.184 e. The van der Waals surface area contributed by atoms with Gasteiger partial charge in [-0.05, 0) is 24.4 Å². The molecule has 0 spiro atoms. The van der Waals surface area contributed by atoms with Crippen LogP contribution in [0.3, 0.4) is 0 Å². The second-order valence-corrected chi connectivity index (χ2v) is 2.69. The van der Waals surface area contributed by atoms with Crippen LogP contribution in [0.15, 0.2) is 10.2 Å². The molecular weight excluding hydrogens is 208 g/mol. The molecule has 0 aromatic carbocycles. The predicted octanol–water partition coefficient (Wildman–Crippen LogP) is -0.986. The number of hydrogen-bond acceptors (Lipinski definition) is 4. The summed E-state index contributed by atoms with van der Waals surface area (Å²) in [5, 5.41) is 7.57. The minimum absolute atomic E-state index is 0.120. The van der Waals surface area contributed by atoms with Crippen LogP contribution < -0.4 is 22.3 Å². The second-order valence-electron chi connectivity index (χ2n) is 1.81. The zero-order valence-corrected chi connectivity index (χ0v) is 8.36. The number of hydrazone groups is 2. The van der Waals surface area contributed by atoms with Gasteiger partial charge in [0, 0.05) is 18.9 Å². The van der Waals surface area contributed by atoms with Crippen molar-refractivity contribution in [1.29, 1.82) is 0 Å². The standard InChI is InChI=1S/C5H10N6S2/c6-4(12)10-8-2-1-3-9-11-5(7)13/h2-3H,1H2,(H3,6,10,12)(H3,7,11,13)/b8-2+,9-3?. The van der Waals surface area contributed by atoms with Crippen LogP contribution in [-0.4, -0.2) is 22.7 Å². The van der Waals surface area contributed by atoms with Crippen molar-refractivity contribution in [3.8, 4) is 0 Å². The summed E-state index contributed by atoms with van der Waals surface area (Å²) < 4.78 is 0. The van der Waals surface area contributed by atoms with E-state index in [1.807, 2.05) is 0 Å². The van der Waals surface area contributed by atoms with E-state index >= 15 is 0 Å². The van der Waals surface area contributed by atoms with E-state index in [1.165, 1.54) is 0 Å². The highest BCUT2D eigenvalue weighted by Crippen LogP contribution is 1.67. The Morgan fingerprint density at radius 3 is 1.77 bits per heavy atom. The first-order chi connectivity index (χ1) is 6.13. The summed E-state index contributed by atoms with van der Waals surface area (Å²) in [5.74, 6) is 0. The summed E-state index contributed by atoms with van der Waals surface area (Å²) in [4.78, 5) is 0. The number of nitrogens with zero attached hydrogens (tertiary/aromatic N) is 2. The van der Waals surface area contributed by atoms with Gasteiger partial charge in [-0.2, -0.15) is 10.2 Å². The molecule has 6 nitrogen and oxygen atoms in total. The third-order valence-corrected chi connectivity index (χ3v) is 0.925. The molecule has 0 fully saturated rings. The largest absolute Gasteiger partial charge is 0.375 e. The first-order valence-corrected chi connectivity index (χ1v) is 4.08. The fourth-order valence-electron chi connectivity index (χ4n) is 0.371. The normalized spacial score (nSPS) is 10.5. The molecule has 0 aromatic rings. The summed E-state index contributed by atoms with van der Waals surface area (Å²) in [6, 6.07) is 0. The Labute approximate surface area is 86.4 Å². The third-order valence-electron chi connectivity index (χ3n) is 0.743. The Morgan fingerprint density at radius 2 is 1.46 bits per heavy atom. The molecule has 0 atom stereocenters. The van der Waals surface area contributed by atoms with Crippen LogP contribution in [0.5, 0.6) is 0 Å². The van der Waals surface area contributed by atoms with Crippen LogP contribution in [0.1, 0.15) is 6.42 Å². The van der Waals surface area contributed by atoms with Gasteiger partial charge in [-0.3, -0.25) is 10.9 Å². The van der Waals surface area contributed by atoms with Gasteiger partial charge in [-0.15, -0.1) is 0 Å². The van der Waals surface area contributed by atoms with E-state index in [0.717, 1.165) is 0 Å². The Balaban J connectivity index is 3.43. The molecule has 0 rings (SSSR count). The molecule has 0 unspecified atom stereocenters. The molecule has 0 heterocycles. The van der Waals surface area contributed by atoms with Crippen LogP contribution in [0.2, 0.25) is 0 Å². The van der Waals surface area contributed by atoms with Crippen molar-refractivity contribution < 1.29 is 0 Å². The van der Waals surface area contributed by atoms with E-state index in [0.29, 0.717) is 6.42 Å². The highest BCUT2D eigenvalue weighted by atomic mass is 32.1. The van der Waals surface area contributed by atoms with Gasteiger partial charge in [0.05, 0.1) is 0 Å². The quantitative estimate of drug-likeness (QED) is 0.275. The van der Waals surface area contributed by atoms with Gasteiger partial charge in [0.15, 0.2) is 10.2 Å². The van der Waals surface area contributed by atoms with Crippen LogP contribution in [0, 0.1) is 0 Å². The zero-order valence-electron chi connectivity index (χ0n) is 6.73. The predicted molar refractivity (Wildman–Crippen MR) is 61.4 cm³/mol. The van der Waals surface area contributed by atoms with Crippen molar-refractivity contribution in [1.82, 2.24) is 10.9 Å². The average molecular weight is 218 g/mol. The molecule has 0 aromatic heterocycles. The van der Waals surface area contributed by atoms with Gasteiger partial charge in [-0.25, -0.2) is 0 Å². The average Bonchev–Trinajstić information content (AvgIpc) is 2.01. The van der Waals surface area contributed by atoms with Gasteiger partial charge >= 0.3 is 0 Å². The molecule has 0 radical (unpaired) electrons. The lowest BCUT2D eigenvalue weighted by Gasteiger charge is -1.92. The van der Waals surface area contributed by atoms with Crippen molar-refractivity contribution in [3.63, 3.8) is 0 Å². The topological polar surface area (TPSA) is 101 Å². The monoisotopic (exact) mass is 218 g/mol. The summed E-state index contributed by atoms with van der Waals surface area (Å²) >= 11 is 9.01. The van der Waals surface area contributed by atoms with Crippen molar-refractivity contribution in [2.24, 2.45) is 21.7 Å². The molecule has 0 amide bonds. The fraction of sp³-hybridized carbons (Fsp3) is 0.200. The van der Waals surface area contributed by atoms with Crippen molar-refractivity contribution >= 4 is 47.1 Å². The molecule has 13 heavy (non-hydrogen) atoms. The summed E-state index contributed by atoms with van der Waals surface area (Å²) in [7, 11) is 0. The number of nitrogens with two attached hydrogens (primary N) is 2. The Hall–Kier alpha value is -1.28. The molecule has 0 saturated carbocycles. The molecule has 0 aliphatic carbocycles. The fourth-order valence-corrected chi connectivity index (χ4v) is 0.476. The van der Waals surface area contributed by atoms with Crippen molar-refractivity contribution in [3.05, 3.63) is 0 Å². The van der Waals surface area contributed by atoms with Crippen LogP contribution in [-0.2, 0) is 0 Å². The van der Waals surface area contributed by atoms with Crippen LogP contribution >= 0.6 is 24.4 Å². The van der Waals surface area contributed by atoms with E-state index in [-0.39, 0.29) is 10.2 Å². The smallest absolute Gasteiger partial charge is 0.184 e. The highest BCUT2D eigenvalue weighted by Gasteiger charge is 1.79. The van der Waals surface area contributed by atoms with E-state index in [9.17, 15) is 0 Å². The molecule has 6 N–H and O–H groups in total. The lowest BCUT2D eigenvalue weighted by molar-refractivity contribution is 1.03. The summed E-state index contributed by atoms with van der Waals surface area (Å²) in [5.41, 5.74) is 15.0. The third kappa shape index (κ3) is 10.7. The van der Waals surface area contributed by atoms with Gasteiger partial charge in [-0.1, -0.05) is 0 Å². The molecule has 0 bridgehead atoms. The SMILES string of the molecule is NC(=S)NN=CC/C=N/NC(N)=S. The van der Waals surface area contributed by atoms with E-state index in [2.05, 4.69) is 45.5 Å². The van der Waals surface area contributed by atoms with E-state index < -0.39 is 0 Å². The highest BCUT2D eigenvalue weighted by molar-refractivity contribution is 7.80. The van der Waals surface area contributed by atoms with Gasteiger partial charge in [0.2, 0.25) is 0 Å².